The third-order valence-corrected chi connectivity index (χ3v) is 3.55. The average Bonchev–Trinajstić information content (AvgIpc) is 2.59. The molecule has 0 heterocycles. The van der Waals surface area contributed by atoms with E-state index in [1.165, 1.54) is 17.7 Å². The summed E-state index contributed by atoms with van der Waals surface area (Å²) in [5.41, 5.74) is 3.34. The zero-order chi connectivity index (χ0) is 15.8. The Morgan fingerprint density at radius 2 is 1.64 bits per heavy atom. The highest BCUT2D eigenvalue weighted by Crippen LogP contribution is 2.21. The number of aryl methyl sites for hydroxylation is 1. The van der Waals surface area contributed by atoms with E-state index in [1.807, 2.05) is 48.5 Å². The predicted octanol–water partition coefficient (Wildman–Crippen LogP) is 3.72. The molecule has 0 aromatic heterocycles. The number of rotatable bonds is 6. The number of carbonyl (C=O) groups excluding carboxylic acids is 1. The summed E-state index contributed by atoms with van der Waals surface area (Å²) in [4.78, 5) is 17.0. The summed E-state index contributed by atoms with van der Waals surface area (Å²) in [7, 11) is 3.09. The van der Waals surface area contributed by atoms with E-state index in [0.29, 0.717) is 0 Å². The van der Waals surface area contributed by atoms with Crippen LogP contribution in [0.15, 0.2) is 66.7 Å². The van der Waals surface area contributed by atoms with Crippen LogP contribution in [0.2, 0.25) is 0 Å². The minimum atomic E-state index is -0.158. The largest absolute Gasteiger partial charge is 0.274 e. The van der Waals surface area contributed by atoms with Crippen LogP contribution in [0.3, 0.4) is 0 Å². The van der Waals surface area contributed by atoms with Gasteiger partial charge in [-0.3, -0.25) is 9.63 Å². The number of allylic oxidation sites excluding steroid dienone is 1. The van der Waals surface area contributed by atoms with Crippen LogP contribution >= 0.6 is 0 Å². The van der Waals surface area contributed by atoms with E-state index < -0.39 is 0 Å². The normalized spacial score (nSPS) is 11.3. The summed E-state index contributed by atoms with van der Waals surface area (Å²) in [5, 5.41) is 1.23. The van der Waals surface area contributed by atoms with Gasteiger partial charge in [0, 0.05) is 13.1 Å². The Hall–Kier alpha value is -2.39. The minimum Gasteiger partial charge on any atom is -0.274 e. The molecule has 0 spiro atoms. The van der Waals surface area contributed by atoms with Gasteiger partial charge in [-0.25, -0.2) is 5.06 Å². The van der Waals surface area contributed by atoms with Gasteiger partial charge in [0.25, 0.3) is 5.91 Å². The highest BCUT2D eigenvalue weighted by atomic mass is 16.7. The molecule has 0 aliphatic heterocycles. The number of hydroxylamine groups is 2. The maximum Gasteiger partial charge on any atom is 0.270 e. The van der Waals surface area contributed by atoms with Crippen LogP contribution in [0.4, 0.5) is 0 Å². The van der Waals surface area contributed by atoms with E-state index >= 15 is 0 Å². The van der Waals surface area contributed by atoms with Crippen molar-refractivity contribution >= 4 is 11.5 Å². The molecule has 2 aromatic rings. The van der Waals surface area contributed by atoms with Crippen molar-refractivity contribution in [2.45, 2.75) is 12.8 Å². The lowest BCUT2D eigenvalue weighted by atomic mass is 9.98. The summed E-state index contributed by atoms with van der Waals surface area (Å²) in [6.07, 6.45) is 3.35. The Morgan fingerprint density at radius 3 is 2.23 bits per heavy atom. The van der Waals surface area contributed by atoms with Gasteiger partial charge in [-0.15, -0.1) is 0 Å². The average molecular weight is 295 g/mol. The molecule has 3 nitrogen and oxygen atoms in total. The first-order chi connectivity index (χ1) is 10.7. The molecule has 22 heavy (non-hydrogen) atoms. The first kappa shape index (κ1) is 16.0. The predicted molar refractivity (Wildman–Crippen MR) is 89.0 cm³/mol. The lowest BCUT2D eigenvalue weighted by molar-refractivity contribution is -0.162. The molecule has 0 N–H and O–H groups in total. The Labute approximate surface area is 131 Å². The van der Waals surface area contributed by atoms with E-state index in [4.69, 9.17) is 4.84 Å². The maximum atomic E-state index is 12.1. The maximum absolute atomic E-state index is 12.1. The van der Waals surface area contributed by atoms with Crippen LogP contribution in [0.5, 0.6) is 0 Å². The Bertz CT molecular complexity index is 620. The van der Waals surface area contributed by atoms with Crippen LogP contribution in [0.25, 0.3) is 5.57 Å². The Kier molecular flexibility index (Phi) is 5.92. The fraction of sp³-hybridized carbons (Fsp3) is 0.211. The van der Waals surface area contributed by atoms with Crippen molar-refractivity contribution in [2.24, 2.45) is 0 Å². The van der Waals surface area contributed by atoms with Crippen molar-refractivity contribution in [3.63, 3.8) is 0 Å². The zero-order valence-corrected chi connectivity index (χ0v) is 13.0. The summed E-state index contributed by atoms with van der Waals surface area (Å²) < 4.78 is 0. The molecule has 0 atom stereocenters. The van der Waals surface area contributed by atoms with Crippen molar-refractivity contribution < 1.29 is 9.63 Å². The molecule has 0 saturated heterocycles. The number of hydrogen-bond acceptors (Lipinski definition) is 2. The van der Waals surface area contributed by atoms with Crippen LogP contribution in [-0.4, -0.2) is 25.1 Å². The van der Waals surface area contributed by atoms with Crippen LogP contribution in [0, 0.1) is 0 Å². The van der Waals surface area contributed by atoms with E-state index in [1.54, 1.807) is 13.1 Å². The monoisotopic (exact) mass is 295 g/mol. The molecule has 0 aliphatic carbocycles. The van der Waals surface area contributed by atoms with Crippen LogP contribution in [0.1, 0.15) is 17.5 Å². The second-order valence-electron chi connectivity index (χ2n) is 5.04. The van der Waals surface area contributed by atoms with E-state index in [9.17, 15) is 4.79 Å². The quantitative estimate of drug-likeness (QED) is 0.600. The summed E-state index contributed by atoms with van der Waals surface area (Å²) in [6, 6.07) is 20.3. The van der Waals surface area contributed by atoms with Gasteiger partial charge in [0.05, 0.1) is 7.11 Å². The van der Waals surface area contributed by atoms with Gasteiger partial charge in [-0.05, 0) is 29.5 Å². The number of nitrogens with zero attached hydrogens (tertiary/aromatic N) is 1. The number of carbonyl (C=O) groups is 1. The lowest BCUT2D eigenvalue weighted by Gasteiger charge is -2.13. The van der Waals surface area contributed by atoms with Crippen molar-refractivity contribution in [3.05, 3.63) is 77.9 Å². The van der Waals surface area contributed by atoms with Gasteiger partial charge in [0.1, 0.15) is 0 Å². The first-order valence-corrected chi connectivity index (χ1v) is 7.32. The van der Waals surface area contributed by atoms with E-state index in [0.717, 1.165) is 24.0 Å². The minimum absolute atomic E-state index is 0.158. The van der Waals surface area contributed by atoms with Gasteiger partial charge in [-0.1, -0.05) is 60.7 Å². The molecule has 0 aliphatic rings. The molecular weight excluding hydrogens is 274 g/mol. The smallest absolute Gasteiger partial charge is 0.270 e. The molecule has 114 valence electrons. The van der Waals surface area contributed by atoms with Crippen LogP contribution in [-0.2, 0) is 16.1 Å². The third kappa shape index (κ3) is 4.57. The SMILES string of the molecule is CON(C)C(=O)/C=C(\CCc1ccccc1)c1ccccc1. The molecule has 2 rings (SSSR count). The number of benzene rings is 2. The lowest BCUT2D eigenvalue weighted by Crippen LogP contribution is -2.23. The topological polar surface area (TPSA) is 29.5 Å². The van der Waals surface area contributed by atoms with E-state index in [-0.39, 0.29) is 5.91 Å². The summed E-state index contributed by atoms with van der Waals surface area (Å²) >= 11 is 0. The Morgan fingerprint density at radius 1 is 1.05 bits per heavy atom. The number of hydrogen-bond donors (Lipinski definition) is 0. The van der Waals surface area contributed by atoms with Gasteiger partial charge < -0.3 is 0 Å². The molecule has 0 bridgehead atoms. The molecule has 2 aromatic carbocycles. The number of likely N-dealkylation sites (N-methyl/N-ethyl adjacent to an activating group) is 1. The summed E-state index contributed by atoms with van der Waals surface area (Å²) in [5.74, 6) is -0.158. The standard InChI is InChI=1S/C19H21NO2/c1-20(22-2)19(21)15-18(17-11-7-4-8-12-17)14-13-16-9-5-3-6-10-16/h3-12,15H,13-14H2,1-2H3/b18-15+. The third-order valence-electron chi connectivity index (χ3n) is 3.55. The van der Waals surface area contributed by atoms with Crippen molar-refractivity contribution in [1.29, 1.82) is 0 Å². The Balaban J connectivity index is 2.19. The van der Waals surface area contributed by atoms with Gasteiger partial charge in [-0.2, -0.15) is 0 Å². The second-order valence-corrected chi connectivity index (χ2v) is 5.04. The molecule has 0 fully saturated rings. The molecule has 0 saturated carbocycles. The fourth-order valence-corrected chi connectivity index (χ4v) is 2.21. The zero-order valence-electron chi connectivity index (χ0n) is 13.0. The second kappa shape index (κ2) is 8.15. The highest BCUT2D eigenvalue weighted by molar-refractivity contribution is 5.94. The van der Waals surface area contributed by atoms with Gasteiger partial charge in [0.15, 0.2) is 0 Å². The number of amides is 1. The van der Waals surface area contributed by atoms with Crippen molar-refractivity contribution in [3.8, 4) is 0 Å². The van der Waals surface area contributed by atoms with Crippen molar-refractivity contribution in [2.75, 3.05) is 14.2 Å². The van der Waals surface area contributed by atoms with Crippen molar-refractivity contribution in [1.82, 2.24) is 5.06 Å². The fourth-order valence-electron chi connectivity index (χ4n) is 2.21. The first-order valence-electron chi connectivity index (χ1n) is 7.32. The van der Waals surface area contributed by atoms with Gasteiger partial charge in [0.2, 0.25) is 0 Å². The molecule has 0 radical (unpaired) electrons. The summed E-state index contributed by atoms with van der Waals surface area (Å²) in [6.45, 7) is 0. The highest BCUT2D eigenvalue weighted by Gasteiger charge is 2.09. The molecule has 3 heteroatoms. The molecule has 0 unspecified atom stereocenters. The van der Waals surface area contributed by atoms with Crippen LogP contribution < -0.4 is 0 Å². The van der Waals surface area contributed by atoms with Gasteiger partial charge >= 0.3 is 0 Å². The molecule has 1 amide bonds. The van der Waals surface area contributed by atoms with E-state index in [2.05, 4.69) is 12.1 Å². The molecular formula is C19H21NO2.